The van der Waals surface area contributed by atoms with Crippen molar-refractivity contribution in [3.63, 3.8) is 0 Å². The predicted octanol–water partition coefficient (Wildman–Crippen LogP) is 6.04. The first-order valence-electron chi connectivity index (χ1n) is 11.0. The van der Waals surface area contributed by atoms with E-state index in [1.54, 1.807) is 0 Å². The summed E-state index contributed by atoms with van der Waals surface area (Å²) in [5, 5.41) is 19.5. The van der Waals surface area contributed by atoms with Gasteiger partial charge in [-0.25, -0.2) is 4.57 Å². The Morgan fingerprint density at radius 3 is 1.26 bits per heavy atom. The predicted molar refractivity (Wildman–Crippen MR) is 109 cm³/mol. The lowest BCUT2D eigenvalue weighted by atomic mass is 10.1. The van der Waals surface area contributed by atoms with Gasteiger partial charge in [-0.1, -0.05) is 90.9 Å². The van der Waals surface area contributed by atoms with Crippen molar-refractivity contribution < 1.29 is 28.7 Å². The number of rotatable bonds is 20. The van der Waals surface area contributed by atoms with Gasteiger partial charge in [0.1, 0.15) is 0 Å². The maximum absolute atomic E-state index is 11.8. The molecule has 27 heavy (non-hydrogen) atoms. The SMILES string of the molecule is CCCCCCCCCC(O)OP(=O)(O)OC(O)CCCCCCCCC. The Morgan fingerprint density at radius 2 is 0.926 bits per heavy atom. The molecule has 0 spiro atoms. The minimum atomic E-state index is -4.45. The lowest BCUT2D eigenvalue weighted by molar-refractivity contribution is -0.0880. The van der Waals surface area contributed by atoms with Gasteiger partial charge in [-0.2, -0.15) is 0 Å². The number of phosphoric acid groups is 1. The van der Waals surface area contributed by atoms with E-state index in [0.717, 1.165) is 38.5 Å². The van der Waals surface area contributed by atoms with Gasteiger partial charge in [-0.3, -0.25) is 9.05 Å². The van der Waals surface area contributed by atoms with Crippen molar-refractivity contribution >= 4 is 7.82 Å². The van der Waals surface area contributed by atoms with Crippen LogP contribution in [-0.2, 0) is 13.6 Å². The van der Waals surface area contributed by atoms with Crippen LogP contribution < -0.4 is 0 Å². The Balaban J connectivity index is 3.73. The van der Waals surface area contributed by atoms with Crippen LogP contribution in [0.5, 0.6) is 0 Å². The summed E-state index contributed by atoms with van der Waals surface area (Å²) >= 11 is 0. The highest BCUT2D eigenvalue weighted by Gasteiger charge is 2.28. The molecule has 164 valence electrons. The Bertz CT molecular complexity index is 336. The van der Waals surface area contributed by atoms with E-state index in [2.05, 4.69) is 13.8 Å². The van der Waals surface area contributed by atoms with Crippen LogP contribution >= 0.6 is 7.82 Å². The van der Waals surface area contributed by atoms with Gasteiger partial charge in [-0.15, -0.1) is 0 Å². The van der Waals surface area contributed by atoms with Crippen LogP contribution in [-0.4, -0.2) is 27.7 Å². The third kappa shape index (κ3) is 19.1. The smallest absolute Gasteiger partial charge is 0.367 e. The van der Waals surface area contributed by atoms with Crippen molar-refractivity contribution in [2.24, 2.45) is 0 Å². The first-order valence-corrected chi connectivity index (χ1v) is 12.5. The number of phosphoric ester groups is 1. The molecule has 0 saturated heterocycles. The van der Waals surface area contributed by atoms with Crippen molar-refractivity contribution in [1.29, 1.82) is 0 Å². The van der Waals surface area contributed by atoms with Crippen molar-refractivity contribution in [3.05, 3.63) is 0 Å². The van der Waals surface area contributed by atoms with Crippen molar-refractivity contribution in [1.82, 2.24) is 0 Å². The molecule has 2 atom stereocenters. The average Bonchev–Trinajstić information content (AvgIpc) is 2.59. The van der Waals surface area contributed by atoms with Gasteiger partial charge in [0, 0.05) is 0 Å². The molecule has 0 aromatic heterocycles. The van der Waals surface area contributed by atoms with Crippen molar-refractivity contribution in [3.8, 4) is 0 Å². The van der Waals surface area contributed by atoms with Crippen LogP contribution in [0.25, 0.3) is 0 Å². The molecule has 0 heterocycles. The molecule has 0 aliphatic heterocycles. The zero-order valence-corrected chi connectivity index (χ0v) is 18.4. The highest BCUT2D eigenvalue weighted by molar-refractivity contribution is 7.47. The molecule has 0 saturated carbocycles. The van der Waals surface area contributed by atoms with E-state index >= 15 is 0 Å². The van der Waals surface area contributed by atoms with E-state index < -0.39 is 20.4 Å². The minimum absolute atomic E-state index is 0.287. The highest BCUT2D eigenvalue weighted by atomic mass is 31.2. The van der Waals surface area contributed by atoms with Crippen molar-refractivity contribution in [2.75, 3.05) is 0 Å². The number of aliphatic hydroxyl groups excluding tert-OH is 2. The van der Waals surface area contributed by atoms with Crippen molar-refractivity contribution in [2.45, 2.75) is 129 Å². The van der Waals surface area contributed by atoms with Gasteiger partial charge < -0.3 is 15.1 Å². The normalized spacial score (nSPS) is 16.2. The van der Waals surface area contributed by atoms with Crippen LogP contribution in [0.1, 0.15) is 117 Å². The van der Waals surface area contributed by atoms with Gasteiger partial charge >= 0.3 is 7.82 Å². The molecule has 0 aliphatic carbocycles. The molecule has 0 rings (SSSR count). The second-order valence-corrected chi connectivity index (χ2v) is 8.77. The van der Waals surface area contributed by atoms with Gasteiger partial charge in [-0.05, 0) is 25.7 Å². The third-order valence-electron chi connectivity index (χ3n) is 4.62. The molecule has 0 fully saturated rings. The number of aliphatic hydroxyl groups is 2. The second kappa shape index (κ2) is 18.1. The molecule has 3 N–H and O–H groups in total. The van der Waals surface area contributed by atoms with E-state index in [9.17, 15) is 19.7 Å². The summed E-state index contributed by atoms with van der Waals surface area (Å²) in [7, 11) is -4.45. The van der Waals surface area contributed by atoms with Gasteiger partial charge in [0.2, 0.25) is 0 Å². The molecule has 0 radical (unpaired) electrons. The number of unbranched alkanes of at least 4 members (excludes halogenated alkanes) is 12. The van der Waals surface area contributed by atoms with E-state index in [-0.39, 0.29) is 12.8 Å². The summed E-state index contributed by atoms with van der Waals surface area (Å²) in [5.74, 6) is 0. The second-order valence-electron chi connectivity index (χ2n) is 7.41. The first kappa shape index (κ1) is 27.0. The molecule has 0 amide bonds. The Hall–Kier alpha value is 0.0300. The minimum Gasteiger partial charge on any atom is -0.367 e. The zero-order chi connectivity index (χ0) is 20.4. The Morgan fingerprint density at radius 1 is 0.630 bits per heavy atom. The fourth-order valence-corrected chi connectivity index (χ4v) is 3.87. The maximum Gasteiger partial charge on any atom is 0.476 e. The lowest BCUT2D eigenvalue weighted by Crippen LogP contribution is -2.16. The van der Waals surface area contributed by atoms with Crippen LogP contribution in [0.2, 0.25) is 0 Å². The summed E-state index contributed by atoms with van der Waals surface area (Å²) < 4.78 is 21.3. The molecule has 0 aromatic carbocycles. The highest BCUT2D eigenvalue weighted by Crippen LogP contribution is 2.46. The largest absolute Gasteiger partial charge is 0.476 e. The van der Waals surface area contributed by atoms with Gasteiger partial charge in [0.25, 0.3) is 0 Å². The summed E-state index contributed by atoms with van der Waals surface area (Å²) in [6.45, 7) is 4.35. The summed E-state index contributed by atoms with van der Waals surface area (Å²) in [6, 6.07) is 0. The van der Waals surface area contributed by atoms with Crippen LogP contribution in [0.15, 0.2) is 0 Å². The van der Waals surface area contributed by atoms with E-state index in [4.69, 9.17) is 9.05 Å². The fraction of sp³-hybridized carbons (Fsp3) is 1.00. The van der Waals surface area contributed by atoms with Gasteiger partial charge in [0.15, 0.2) is 12.6 Å². The van der Waals surface area contributed by atoms with Crippen LogP contribution in [0, 0.1) is 0 Å². The van der Waals surface area contributed by atoms with E-state index in [1.807, 2.05) is 0 Å². The Kier molecular flexibility index (Phi) is 18.1. The van der Waals surface area contributed by atoms with Gasteiger partial charge in [0.05, 0.1) is 0 Å². The Labute approximate surface area is 166 Å². The first-order chi connectivity index (χ1) is 12.9. The summed E-state index contributed by atoms with van der Waals surface area (Å²) in [5.41, 5.74) is 0. The molecule has 7 heteroatoms. The zero-order valence-electron chi connectivity index (χ0n) is 17.5. The fourth-order valence-electron chi connectivity index (χ4n) is 2.99. The number of hydrogen-bond donors (Lipinski definition) is 3. The summed E-state index contributed by atoms with van der Waals surface area (Å²) in [6.07, 6.45) is 13.2. The molecule has 0 aliphatic rings. The molecular formula is C20H43O6P. The molecule has 0 bridgehead atoms. The third-order valence-corrected chi connectivity index (χ3v) is 5.64. The lowest BCUT2D eigenvalue weighted by Gasteiger charge is -2.19. The standard InChI is InChI=1S/C20H43O6P/c1-3-5-7-9-11-13-15-17-19(21)25-27(23,24)26-20(22)18-16-14-12-10-8-6-4-2/h19-22H,3-18H2,1-2H3,(H,23,24). The molecule has 6 nitrogen and oxygen atoms in total. The van der Waals surface area contributed by atoms with Crippen LogP contribution in [0.3, 0.4) is 0 Å². The average molecular weight is 411 g/mol. The molecule has 2 unspecified atom stereocenters. The van der Waals surface area contributed by atoms with E-state index in [0.29, 0.717) is 0 Å². The topological polar surface area (TPSA) is 96.2 Å². The molecular weight excluding hydrogens is 367 g/mol. The number of hydrogen-bond acceptors (Lipinski definition) is 5. The quantitative estimate of drug-likeness (QED) is 0.129. The van der Waals surface area contributed by atoms with E-state index in [1.165, 1.54) is 51.4 Å². The van der Waals surface area contributed by atoms with Crippen LogP contribution in [0.4, 0.5) is 0 Å². The monoisotopic (exact) mass is 410 g/mol. The molecule has 0 aromatic rings. The summed E-state index contributed by atoms with van der Waals surface area (Å²) in [4.78, 5) is 9.65. The maximum atomic E-state index is 11.8.